The van der Waals surface area contributed by atoms with Crippen molar-refractivity contribution < 1.29 is 28.5 Å². The molecule has 1 saturated heterocycles. The first kappa shape index (κ1) is 20.7. The van der Waals surface area contributed by atoms with E-state index in [1.807, 2.05) is 6.92 Å². The molecule has 0 saturated carbocycles. The van der Waals surface area contributed by atoms with Crippen LogP contribution >= 0.6 is 0 Å². The van der Waals surface area contributed by atoms with Crippen molar-refractivity contribution in [3.63, 3.8) is 0 Å². The molecule has 2 aromatic carbocycles. The van der Waals surface area contributed by atoms with Gasteiger partial charge in [-0.1, -0.05) is 30.3 Å². The molecule has 8 heteroatoms. The normalized spacial score (nSPS) is 15.7. The number of rotatable bonds is 7. The van der Waals surface area contributed by atoms with E-state index in [0.717, 1.165) is 6.42 Å². The molecule has 8 nitrogen and oxygen atoms in total. The van der Waals surface area contributed by atoms with Gasteiger partial charge in [-0.3, -0.25) is 4.79 Å². The van der Waals surface area contributed by atoms with Crippen LogP contribution in [0.4, 0.5) is 0 Å². The Morgan fingerprint density at radius 2 is 2.03 bits per heavy atom. The monoisotopic (exact) mass is 422 g/mol. The summed E-state index contributed by atoms with van der Waals surface area (Å²) >= 11 is 0. The number of aromatic nitrogens is 2. The van der Waals surface area contributed by atoms with Crippen LogP contribution < -0.4 is 9.47 Å². The molecule has 0 bridgehead atoms. The van der Waals surface area contributed by atoms with Crippen molar-refractivity contribution in [3.8, 4) is 5.75 Å². The average molecular weight is 422 g/mol. The second kappa shape index (κ2) is 9.09. The highest BCUT2D eigenvalue weighted by Crippen LogP contribution is 2.21. The number of hydrogen-bond donors (Lipinski definition) is 0. The van der Waals surface area contributed by atoms with Gasteiger partial charge >= 0.3 is 5.97 Å². The lowest BCUT2D eigenvalue weighted by Crippen LogP contribution is -2.38. The number of fused-ring (bicyclic) bond motifs is 1. The van der Waals surface area contributed by atoms with Crippen molar-refractivity contribution in [1.82, 2.24) is 4.98 Å². The first-order valence-corrected chi connectivity index (χ1v) is 10.2. The topological polar surface area (TPSA) is 102 Å². The third-order valence-electron chi connectivity index (χ3n) is 5.00. The Kier molecular flexibility index (Phi) is 6.08. The first-order valence-electron chi connectivity index (χ1n) is 10.2. The molecule has 1 fully saturated rings. The van der Waals surface area contributed by atoms with Gasteiger partial charge in [0.1, 0.15) is 17.9 Å². The minimum atomic E-state index is -0.623. The molecule has 2 heterocycles. The summed E-state index contributed by atoms with van der Waals surface area (Å²) in [5.41, 5.74) is 0.797. The van der Waals surface area contributed by atoms with Gasteiger partial charge in [-0.15, -0.1) is 0 Å². The number of esters is 1. The van der Waals surface area contributed by atoms with E-state index >= 15 is 0 Å². The minimum absolute atomic E-state index is 0.0897. The fourth-order valence-electron chi connectivity index (χ4n) is 3.50. The molecule has 31 heavy (non-hydrogen) atoms. The third-order valence-corrected chi connectivity index (χ3v) is 5.00. The Labute approximate surface area is 179 Å². The van der Waals surface area contributed by atoms with Crippen LogP contribution in [0.15, 0.2) is 48.5 Å². The number of carbonyl (C=O) groups is 2. The van der Waals surface area contributed by atoms with Crippen LogP contribution in [0.5, 0.6) is 5.75 Å². The Morgan fingerprint density at radius 3 is 2.74 bits per heavy atom. The molecule has 160 valence electrons. The first-order chi connectivity index (χ1) is 15.1. The van der Waals surface area contributed by atoms with Gasteiger partial charge in [0.25, 0.3) is 11.5 Å². The maximum Gasteiger partial charge on any atom is 0.335 e. The Balaban J connectivity index is 1.75. The van der Waals surface area contributed by atoms with E-state index in [2.05, 4.69) is 4.98 Å². The summed E-state index contributed by atoms with van der Waals surface area (Å²) in [4.78, 5) is 29.9. The molecular formula is C23H22N2O6. The lowest BCUT2D eigenvalue weighted by Gasteiger charge is -2.14. The molecule has 0 spiro atoms. The molecule has 4 rings (SSSR count). The van der Waals surface area contributed by atoms with Crippen LogP contribution in [0, 0.1) is 5.21 Å². The maximum absolute atomic E-state index is 13.3. The predicted octanol–water partition coefficient (Wildman–Crippen LogP) is 2.72. The Bertz CT molecular complexity index is 1110. The minimum Gasteiger partial charge on any atom is -0.618 e. The van der Waals surface area contributed by atoms with Crippen molar-refractivity contribution in [2.75, 3.05) is 13.2 Å². The molecule has 0 aliphatic carbocycles. The molecule has 0 amide bonds. The fraction of sp³-hybridized carbons (Fsp3) is 0.304. The summed E-state index contributed by atoms with van der Waals surface area (Å²) in [6.07, 6.45) is 0.748. The molecule has 1 unspecified atom stereocenters. The summed E-state index contributed by atoms with van der Waals surface area (Å²) in [6, 6.07) is 13.3. The van der Waals surface area contributed by atoms with Crippen LogP contribution in [-0.4, -0.2) is 36.1 Å². The van der Waals surface area contributed by atoms with Crippen LogP contribution in [-0.2, 0) is 20.9 Å². The molecule has 3 aromatic rings. The smallest absolute Gasteiger partial charge is 0.335 e. The molecule has 1 aliphatic heterocycles. The van der Waals surface area contributed by atoms with Gasteiger partial charge in [0.05, 0.1) is 12.7 Å². The van der Waals surface area contributed by atoms with E-state index in [9.17, 15) is 14.8 Å². The molecule has 0 N–H and O–H groups in total. The van der Waals surface area contributed by atoms with Crippen LogP contribution in [0.3, 0.4) is 0 Å². The molecule has 1 aromatic heterocycles. The fourth-order valence-corrected chi connectivity index (χ4v) is 3.50. The number of nitrogens with zero attached hydrogens (tertiary/aromatic N) is 2. The van der Waals surface area contributed by atoms with E-state index in [0.29, 0.717) is 41.2 Å². The van der Waals surface area contributed by atoms with Gasteiger partial charge in [-0.05, 0) is 31.9 Å². The van der Waals surface area contributed by atoms with Gasteiger partial charge in [0.2, 0.25) is 5.52 Å². The zero-order chi connectivity index (χ0) is 21.8. The van der Waals surface area contributed by atoms with Gasteiger partial charge in [-0.25, -0.2) is 9.78 Å². The van der Waals surface area contributed by atoms with Gasteiger partial charge in [0.15, 0.2) is 11.8 Å². The van der Waals surface area contributed by atoms with Crippen molar-refractivity contribution in [2.45, 2.75) is 32.5 Å². The van der Waals surface area contributed by atoms with E-state index in [1.165, 1.54) is 0 Å². The van der Waals surface area contributed by atoms with Gasteiger partial charge < -0.3 is 19.4 Å². The Morgan fingerprint density at radius 1 is 1.23 bits per heavy atom. The third kappa shape index (κ3) is 4.34. The predicted molar refractivity (Wildman–Crippen MR) is 111 cm³/mol. The molecule has 0 radical (unpaired) electrons. The summed E-state index contributed by atoms with van der Waals surface area (Å²) in [6.45, 7) is 2.47. The number of ketones is 1. The Hall–Kier alpha value is -3.52. The number of benzene rings is 2. The van der Waals surface area contributed by atoms with Crippen molar-refractivity contribution in [3.05, 3.63) is 70.7 Å². The van der Waals surface area contributed by atoms with E-state index in [4.69, 9.17) is 14.2 Å². The second-order valence-electron chi connectivity index (χ2n) is 7.09. The molecule has 1 aliphatic rings. The standard InChI is InChI=1S/C23H22N2O6/c1-2-29-16-10-11-17-19(13-16)25(28)21(22(26)15-7-4-3-5-8-15)18(24-17)14-31-23(27)20-9-6-12-30-20/h3-5,7-8,10-11,13,20H,2,6,9,12,14H2,1H3. The zero-order valence-electron chi connectivity index (χ0n) is 17.1. The van der Waals surface area contributed by atoms with Crippen molar-refractivity contribution in [1.29, 1.82) is 0 Å². The maximum atomic E-state index is 13.3. The second-order valence-corrected chi connectivity index (χ2v) is 7.09. The lowest BCUT2D eigenvalue weighted by molar-refractivity contribution is -0.580. The molecule has 1 atom stereocenters. The quantitative estimate of drug-likeness (QED) is 0.250. The number of hydrogen-bond acceptors (Lipinski definition) is 7. The summed E-state index contributed by atoms with van der Waals surface area (Å²) < 4.78 is 16.7. The highest BCUT2D eigenvalue weighted by molar-refractivity contribution is 6.07. The van der Waals surface area contributed by atoms with E-state index < -0.39 is 17.9 Å². The van der Waals surface area contributed by atoms with E-state index in [-0.39, 0.29) is 23.5 Å². The highest BCUT2D eigenvalue weighted by atomic mass is 16.6. The van der Waals surface area contributed by atoms with Gasteiger partial charge in [-0.2, -0.15) is 4.73 Å². The van der Waals surface area contributed by atoms with Crippen LogP contribution in [0.25, 0.3) is 11.0 Å². The SMILES string of the molecule is CCOc1ccc2nc(COC(=O)C3CCCO3)c(C(=O)c3ccccc3)[n+]([O-])c2c1. The summed E-state index contributed by atoms with van der Waals surface area (Å²) in [7, 11) is 0. The zero-order valence-corrected chi connectivity index (χ0v) is 17.1. The van der Waals surface area contributed by atoms with Crippen molar-refractivity contribution >= 4 is 22.8 Å². The average Bonchev–Trinajstić information content (AvgIpc) is 3.33. The van der Waals surface area contributed by atoms with E-state index in [1.54, 1.807) is 48.5 Å². The summed E-state index contributed by atoms with van der Waals surface area (Å²) in [5.74, 6) is -0.534. The van der Waals surface area contributed by atoms with Crippen molar-refractivity contribution in [2.24, 2.45) is 0 Å². The molecular weight excluding hydrogens is 400 g/mol. The van der Waals surface area contributed by atoms with Crippen LogP contribution in [0.1, 0.15) is 41.5 Å². The van der Waals surface area contributed by atoms with Crippen LogP contribution in [0.2, 0.25) is 0 Å². The summed E-state index contributed by atoms with van der Waals surface area (Å²) in [5, 5.41) is 13.3. The largest absolute Gasteiger partial charge is 0.618 e. The number of ether oxygens (including phenoxy) is 3. The lowest BCUT2D eigenvalue weighted by atomic mass is 10.1. The highest BCUT2D eigenvalue weighted by Gasteiger charge is 2.30. The van der Waals surface area contributed by atoms with Gasteiger partial charge in [0, 0.05) is 12.2 Å². The number of carbonyl (C=O) groups excluding carboxylic acids is 2.